The lowest BCUT2D eigenvalue weighted by atomic mass is 9.86. The van der Waals surface area contributed by atoms with Gasteiger partial charge in [-0.05, 0) is 275 Å². The third-order valence-electron chi connectivity index (χ3n) is 29.8. The van der Waals surface area contributed by atoms with E-state index in [0.717, 1.165) is 17.1 Å². The number of fused-ring (bicyclic) bond motifs is 22. The molecule has 668 valence electrons. The lowest BCUT2D eigenvalue weighted by molar-refractivity contribution is 1.19. The van der Waals surface area contributed by atoms with E-state index in [1.807, 2.05) is 0 Å². The Kier molecular flexibility index (Phi) is 20.4. The lowest BCUT2D eigenvalue weighted by Gasteiger charge is -2.18. The first-order valence-corrected chi connectivity index (χ1v) is 49.6. The molecular formula is C140H93N3. The minimum atomic E-state index is 1.16. The summed E-state index contributed by atoms with van der Waals surface area (Å²) in [5.74, 6) is 0. The highest BCUT2D eigenvalue weighted by Crippen LogP contribution is 2.51. The van der Waals surface area contributed by atoms with Crippen LogP contribution in [0.15, 0.2) is 528 Å². The summed E-state index contributed by atoms with van der Waals surface area (Å²) in [5, 5.41) is 30.5. The van der Waals surface area contributed by atoms with Crippen LogP contribution in [0.3, 0.4) is 0 Å². The van der Waals surface area contributed by atoms with E-state index in [2.05, 4.69) is 555 Å². The van der Waals surface area contributed by atoms with Crippen molar-refractivity contribution >= 4 is 162 Å². The maximum Gasteiger partial charge on any atom is 0.0619 e. The maximum absolute atomic E-state index is 2.49. The number of aryl methyl sites for hydroxylation is 2. The summed E-state index contributed by atoms with van der Waals surface area (Å²) in [7, 11) is 0. The van der Waals surface area contributed by atoms with Gasteiger partial charge in [0.25, 0.3) is 0 Å². The summed E-state index contributed by atoms with van der Waals surface area (Å²) in [6.45, 7) is 4.38. The Labute approximate surface area is 828 Å². The minimum absolute atomic E-state index is 1.16. The van der Waals surface area contributed by atoms with Crippen molar-refractivity contribution in [1.29, 1.82) is 0 Å². The first-order valence-electron chi connectivity index (χ1n) is 49.6. The van der Waals surface area contributed by atoms with E-state index in [1.54, 1.807) is 0 Å². The Morgan fingerprint density at radius 3 is 0.762 bits per heavy atom. The maximum atomic E-state index is 2.49. The average molecular weight is 1820 g/mol. The zero-order valence-corrected chi connectivity index (χ0v) is 79.1. The molecule has 0 atom stereocenters. The van der Waals surface area contributed by atoms with Crippen LogP contribution in [0.2, 0.25) is 0 Å². The van der Waals surface area contributed by atoms with Gasteiger partial charge in [0, 0.05) is 65.5 Å². The molecule has 0 bridgehead atoms. The van der Waals surface area contributed by atoms with Crippen LogP contribution in [0.25, 0.3) is 268 Å². The second-order valence-corrected chi connectivity index (χ2v) is 38.0. The van der Waals surface area contributed by atoms with Crippen molar-refractivity contribution < 1.29 is 0 Å². The van der Waals surface area contributed by atoms with Gasteiger partial charge >= 0.3 is 0 Å². The molecular weight excluding hydrogens is 1720 g/mol. The molecule has 0 aliphatic heterocycles. The van der Waals surface area contributed by atoms with Crippen molar-refractivity contribution in [3.05, 3.63) is 539 Å². The number of para-hydroxylation sites is 1. The van der Waals surface area contributed by atoms with Crippen molar-refractivity contribution in [2.75, 3.05) is 0 Å². The fourth-order valence-electron chi connectivity index (χ4n) is 23.5. The highest BCUT2D eigenvalue weighted by Gasteiger charge is 2.27. The third-order valence-corrected chi connectivity index (χ3v) is 29.8. The van der Waals surface area contributed by atoms with E-state index in [9.17, 15) is 0 Å². The molecule has 0 aliphatic rings. The first kappa shape index (κ1) is 83.8. The molecule has 26 aromatic carbocycles. The van der Waals surface area contributed by atoms with Gasteiger partial charge < -0.3 is 13.7 Å². The summed E-state index contributed by atoms with van der Waals surface area (Å²) in [6.07, 6.45) is 0. The Morgan fingerprint density at radius 2 is 0.378 bits per heavy atom. The van der Waals surface area contributed by atoms with E-state index in [-0.39, 0.29) is 0 Å². The Bertz CT molecular complexity index is 10000. The number of hydrogen-bond acceptors (Lipinski definition) is 0. The van der Waals surface area contributed by atoms with Crippen LogP contribution in [0.1, 0.15) is 11.1 Å². The summed E-state index contributed by atoms with van der Waals surface area (Å²) < 4.78 is 7.41. The molecule has 0 amide bonds. The number of rotatable bonds is 11. The average Bonchev–Trinajstić information content (AvgIpc) is 1.38. The van der Waals surface area contributed by atoms with Crippen molar-refractivity contribution in [3.63, 3.8) is 0 Å². The molecule has 0 unspecified atom stereocenters. The second kappa shape index (κ2) is 34.9. The predicted octanol–water partition coefficient (Wildman–Crippen LogP) is 38.7. The molecule has 3 heteroatoms. The van der Waals surface area contributed by atoms with Gasteiger partial charge in [0.15, 0.2) is 0 Å². The van der Waals surface area contributed by atoms with Gasteiger partial charge in [0.2, 0.25) is 0 Å². The third kappa shape index (κ3) is 14.1. The van der Waals surface area contributed by atoms with Crippen molar-refractivity contribution in [2.24, 2.45) is 0 Å². The van der Waals surface area contributed by atoms with Gasteiger partial charge in [-0.25, -0.2) is 0 Å². The zero-order valence-electron chi connectivity index (χ0n) is 79.1. The molecule has 0 saturated heterocycles. The number of benzene rings is 26. The van der Waals surface area contributed by atoms with Crippen LogP contribution in [-0.4, -0.2) is 13.7 Å². The normalized spacial score (nSPS) is 11.7. The van der Waals surface area contributed by atoms with E-state index in [4.69, 9.17) is 0 Å². The van der Waals surface area contributed by atoms with E-state index in [1.165, 1.54) is 263 Å². The van der Waals surface area contributed by atoms with E-state index in [0.29, 0.717) is 0 Å². The summed E-state index contributed by atoms with van der Waals surface area (Å²) in [4.78, 5) is 0. The number of nitrogens with zero attached hydrogens (tertiary/aromatic N) is 3. The highest BCUT2D eigenvalue weighted by atomic mass is 15.0. The molecule has 0 aliphatic carbocycles. The second-order valence-electron chi connectivity index (χ2n) is 38.0. The topological polar surface area (TPSA) is 14.8 Å². The van der Waals surface area contributed by atoms with Gasteiger partial charge in [-0.1, -0.05) is 448 Å². The molecule has 0 spiro atoms. The van der Waals surface area contributed by atoms with Crippen LogP contribution in [-0.2, 0) is 0 Å². The quantitative estimate of drug-likeness (QED) is 0.0906. The van der Waals surface area contributed by atoms with Crippen molar-refractivity contribution in [2.45, 2.75) is 13.8 Å². The van der Waals surface area contributed by atoms with Crippen LogP contribution >= 0.6 is 0 Å². The van der Waals surface area contributed by atoms with Gasteiger partial charge in [-0.3, -0.25) is 0 Å². The van der Waals surface area contributed by atoms with Crippen LogP contribution < -0.4 is 0 Å². The van der Waals surface area contributed by atoms with Crippen molar-refractivity contribution in [3.8, 4) is 106 Å². The SMILES string of the molecule is Cc1ccc2c(c1)c1cc(-c3ccccc3)c3ccccc3c1n2-c1ccc(-c2c3ccccc3c(-c3ccccc3)c3ccccc23)cc1.Cc1ccc2c(c1)c1cc(-c3ccccc3)c3ccccc3c1n2-c1cccc(-c2c3ccccc3c(-c3ccccc3)c3ccccc23)c1.c1ccc(-c2cc3c4ccccc4n(-c4ccc(-c5cc6ccccc6c6ccccc56)cc4)c3c3ccccc23)cc1. The molecule has 0 fully saturated rings. The summed E-state index contributed by atoms with van der Waals surface area (Å²) in [6, 6.07) is 193. The molecule has 143 heavy (non-hydrogen) atoms. The van der Waals surface area contributed by atoms with Crippen molar-refractivity contribution in [1.82, 2.24) is 13.7 Å². The molecule has 3 aromatic heterocycles. The molecule has 3 heterocycles. The fourth-order valence-corrected chi connectivity index (χ4v) is 23.5. The Balaban J connectivity index is 0.000000107. The highest BCUT2D eigenvalue weighted by molar-refractivity contribution is 6.28. The fraction of sp³-hybridized carbons (Fsp3) is 0.0143. The predicted molar refractivity (Wildman–Crippen MR) is 613 cm³/mol. The smallest absolute Gasteiger partial charge is 0.0619 e. The molecule has 29 aromatic rings. The van der Waals surface area contributed by atoms with Gasteiger partial charge in [-0.2, -0.15) is 0 Å². The monoisotopic (exact) mass is 1820 g/mol. The number of hydrogen-bond donors (Lipinski definition) is 0. The molecule has 3 nitrogen and oxygen atoms in total. The summed E-state index contributed by atoms with van der Waals surface area (Å²) in [5.41, 5.74) is 33.4. The molecule has 0 radical (unpaired) electrons. The van der Waals surface area contributed by atoms with Gasteiger partial charge in [-0.15, -0.1) is 0 Å². The van der Waals surface area contributed by atoms with E-state index < -0.39 is 0 Å². The number of aromatic nitrogens is 3. The molecule has 0 saturated carbocycles. The Hall–Kier alpha value is -18.5. The van der Waals surface area contributed by atoms with Gasteiger partial charge in [0.05, 0.1) is 33.1 Å². The largest absolute Gasteiger partial charge is 0.309 e. The standard InChI is InChI=1S/2C49H33N.C42H27N/c1-32-27-28-46-44(29-32)45-31-43(33-15-4-2-5-16-33)37-21-8-13-26-42(37)49(45)50(46)36-20-14-19-35(30-36)48-40-24-11-9-22-38(40)47(34-17-6-3-7-18-34)39-23-10-12-25-41(39)48;1-32-24-29-46-44(30-32)45-31-43(33-14-4-2-5-15-33)37-18-8-13-23-42(37)49(45)50(46)36-27-25-35(26-28-36)48-40-21-11-9-19-38(40)47(34-16-6-3-7-17-34)39-20-10-12-22-41(39)48;1-2-12-28(13-3-1)39-27-40-36-19-10-11-21-41(36)43(42(40)37-20-9-8-18-35(37)39)31-24-22-29(23-25-31)38-26-30-14-4-5-15-32(30)33-16-6-7-17-34(33)38/h2*2-31H,1H3;1-27H. The zero-order chi connectivity index (χ0) is 94.7. The lowest BCUT2D eigenvalue weighted by Crippen LogP contribution is -1.96. The minimum Gasteiger partial charge on any atom is -0.309 e. The molecule has 0 N–H and O–H groups in total. The van der Waals surface area contributed by atoms with Crippen LogP contribution in [0.5, 0.6) is 0 Å². The summed E-state index contributed by atoms with van der Waals surface area (Å²) >= 11 is 0. The van der Waals surface area contributed by atoms with E-state index >= 15 is 0 Å². The van der Waals surface area contributed by atoms with Crippen LogP contribution in [0.4, 0.5) is 0 Å². The van der Waals surface area contributed by atoms with Crippen LogP contribution in [0, 0.1) is 13.8 Å². The Morgan fingerprint density at radius 1 is 0.126 bits per heavy atom. The van der Waals surface area contributed by atoms with Gasteiger partial charge in [0.1, 0.15) is 0 Å². The first-order chi connectivity index (χ1) is 70.8. The molecule has 29 rings (SSSR count).